The van der Waals surface area contributed by atoms with Gasteiger partial charge in [0.1, 0.15) is 0 Å². The van der Waals surface area contributed by atoms with Gasteiger partial charge < -0.3 is 14.5 Å². The van der Waals surface area contributed by atoms with Crippen molar-refractivity contribution in [1.29, 1.82) is 0 Å². The molecule has 2 rings (SSSR count). The molecule has 1 aromatic carbocycles. The first-order chi connectivity index (χ1) is 14.8. The second-order valence-corrected chi connectivity index (χ2v) is 8.59. The van der Waals surface area contributed by atoms with E-state index in [2.05, 4.69) is 0 Å². The quantitative estimate of drug-likeness (QED) is 0.642. The number of H-pyrrole nitrogens is 1. The van der Waals surface area contributed by atoms with Gasteiger partial charge in [-0.05, 0) is 30.5 Å². The van der Waals surface area contributed by atoms with Crippen molar-refractivity contribution in [3.05, 3.63) is 44.1 Å². The summed E-state index contributed by atoms with van der Waals surface area (Å²) in [7, 11) is -3.34. The number of ether oxygens (including phenoxy) is 2. The van der Waals surface area contributed by atoms with E-state index in [9.17, 15) is 36.0 Å². The Morgan fingerprint density at radius 1 is 1.25 bits per heavy atom. The standard InChI is InChI=1S/C18H22F3N3O7S/c1-5-7-31-17(27)24(32(4,28)29)23-15(25)11-8-10(14(6-2)30-3)12(18(19,20)21)9-13(11)22-16(23)26/h8-9,14H,5-7H2,1-4H3,(H,22,26). The maximum Gasteiger partial charge on any atom is 0.444 e. The Hall–Kier alpha value is -2.87. The molecule has 0 saturated carbocycles. The second kappa shape index (κ2) is 9.32. The molecule has 1 aromatic heterocycles. The summed E-state index contributed by atoms with van der Waals surface area (Å²) in [5, 5.41) is -0.458. The third kappa shape index (κ3) is 4.96. The Balaban J connectivity index is 2.93. The van der Waals surface area contributed by atoms with Gasteiger partial charge in [0.15, 0.2) is 0 Å². The average Bonchev–Trinajstić information content (AvgIpc) is 2.68. The van der Waals surface area contributed by atoms with Gasteiger partial charge in [-0.15, -0.1) is 4.68 Å². The van der Waals surface area contributed by atoms with Crippen molar-refractivity contribution in [2.24, 2.45) is 0 Å². The summed E-state index contributed by atoms with van der Waals surface area (Å²) in [5.74, 6) is 0. The van der Waals surface area contributed by atoms with Crippen LogP contribution in [0.25, 0.3) is 10.9 Å². The van der Waals surface area contributed by atoms with Crippen molar-refractivity contribution >= 4 is 27.0 Å². The van der Waals surface area contributed by atoms with Crippen molar-refractivity contribution < 1.29 is 35.9 Å². The highest BCUT2D eigenvalue weighted by molar-refractivity contribution is 7.92. The number of aromatic amines is 1. The monoisotopic (exact) mass is 481 g/mol. The number of hydrogen-bond acceptors (Lipinski definition) is 7. The smallest absolute Gasteiger partial charge is 0.444 e. The van der Waals surface area contributed by atoms with E-state index in [4.69, 9.17) is 9.47 Å². The van der Waals surface area contributed by atoms with Crippen LogP contribution in [0.1, 0.15) is 43.9 Å². The SMILES string of the molecule is CCCOC(=O)N(n1c(=O)[nH]c2cc(C(F)(F)F)c(C(CC)OC)cc2c1=O)S(C)(=O)=O. The van der Waals surface area contributed by atoms with Crippen molar-refractivity contribution in [1.82, 2.24) is 9.66 Å². The Bertz CT molecular complexity index is 1230. The van der Waals surface area contributed by atoms with E-state index in [0.717, 1.165) is 6.07 Å². The van der Waals surface area contributed by atoms with E-state index in [1.807, 2.05) is 4.98 Å². The first-order valence-corrected chi connectivity index (χ1v) is 11.2. The zero-order valence-electron chi connectivity index (χ0n) is 17.6. The van der Waals surface area contributed by atoms with Crippen molar-refractivity contribution in [2.45, 2.75) is 39.0 Å². The lowest BCUT2D eigenvalue weighted by atomic mass is 9.97. The summed E-state index contributed by atoms with van der Waals surface area (Å²) in [4.78, 5) is 39.9. The van der Waals surface area contributed by atoms with Crippen molar-refractivity contribution in [2.75, 3.05) is 24.4 Å². The molecule has 32 heavy (non-hydrogen) atoms. The number of amides is 1. The summed E-state index contributed by atoms with van der Waals surface area (Å²) in [6.07, 6.45) is -6.38. The lowest BCUT2D eigenvalue weighted by molar-refractivity contribution is -0.139. The van der Waals surface area contributed by atoms with Crippen LogP contribution in [0.15, 0.2) is 21.7 Å². The molecule has 0 spiro atoms. The summed E-state index contributed by atoms with van der Waals surface area (Å²) < 4.78 is 74.8. The number of aromatic nitrogens is 2. The zero-order chi connectivity index (χ0) is 24.4. The molecule has 14 heteroatoms. The second-order valence-electron chi connectivity index (χ2n) is 6.78. The maximum absolute atomic E-state index is 13.6. The minimum atomic E-state index is -4.83. The van der Waals surface area contributed by atoms with Crippen LogP contribution in [0, 0.1) is 0 Å². The van der Waals surface area contributed by atoms with E-state index in [-0.39, 0.29) is 27.7 Å². The number of nitrogens with one attached hydrogen (secondary N) is 1. The van der Waals surface area contributed by atoms with E-state index in [1.165, 1.54) is 7.11 Å². The number of methoxy groups -OCH3 is 1. The van der Waals surface area contributed by atoms with Gasteiger partial charge in [-0.1, -0.05) is 18.3 Å². The Kier molecular flexibility index (Phi) is 7.40. The van der Waals surface area contributed by atoms with Gasteiger partial charge in [-0.2, -0.15) is 13.2 Å². The van der Waals surface area contributed by atoms with Crippen LogP contribution in [-0.4, -0.2) is 44.1 Å². The topological polar surface area (TPSA) is 128 Å². The van der Waals surface area contributed by atoms with E-state index >= 15 is 0 Å². The summed E-state index contributed by atoms with van der Waals surface area (Å²) >= 11 is 0. The number of carbonyl (C=O) groups excluding carboxylic acids is 1. The van der Waals surface area contributed by atoms with Crippen LogP contribution < -0.4 is 15.7 Å². The molecule has 0 fully saturated rings. The van der Waals surface area contributed by atoms with Gasteiger partial charge in [-0.25, -0.2) is 18.0 Å². The molecular weight excluding hydrogens is 459 g/mol. The third-order valence-electron chi connectivity index (χ3n) is 4.44. The lowest BCUT2D eigenvalue weighted by Gasteiger charge is -2.22. The predicted octanol–water partition coefficient (Wildman–Crippen LogP) is 2.25. The van der Waals surface area contributed by atoms with Gasteiger partial charge in [0.05, 0.1) is 35.4 Å². The lowest BCUT2D eigenvalue weighted by Crippen LogP contribution is -2.56. The fourth-order valence-electron chi connectivity index (χ4n) is 3.07. The van der Waals surface area contributed by atoms with Gasteiger partial charge >= 0.3 is 18.0 Å². The fourth-order valence-corrected chi connectivity index (χ4v) is 3.84. The van der Waals surface area contributed by atoms with Crippen LogP contribution >= 0.6 is 0 Å². The summed E-state index contributed by atoms with van der Waals surface area (Å²) in [6, 6.07) is 1.43. The molecule has 1 heterocycles. The molecule has 0 saturated heterocycles. The van der Waals surface area contributed by atoms with E-state index in [1.54, 1.807) is 13.8 Å². The zero-order valence-corrected chi connectivity index (χ0v) is 18.5. The van der Waals surface area contributed by atoms with Crippen LogP contribution in [0.5, 0.6) is 0 Å². The fraction of sp³-hybridized carbons (Fsp3) is 0.500. The predicted molar refractivity (Wildman–Crippen MR) is 109 cm³/mol. The van der Waals surface area contributed by atoms with Gasteiger partial charge in [0.25, 0.3) is 15.6 Å². The molecule has 178 valence electrons. The number of carbonyl (C=O) groups is 1. The molecule has 1 N–H and O–H groups in total. The van der Waals surface area contributed by atoms with Crippen LogP contribution in [0.2, 0.25) is 0 Å². The molecule has 10 nitrogen and oxygen atoms in total. The highest BCUT2D eigenvalue weighted by atomic mass is 32.2. The molecule has 0 aliphatic heterocycles. The number of sulfonamides is 1. The number of nitrogens with zero attached hydrogens (tertiary/aromatic N) is 2. The summed E-state index contributed by atoms with van der Waals surface area (Å²) in [5.41, 5.74) is -4.78. The highest BCUT2D eigenvalue weighted by Crippen LogP contribution is 2.38. The molecule has 1 unspecified atom stereocenters. The minimum Gasteiger partial charge on any atom is -0.447 e. The molecule has 0 bridgehead atoms. The molecule has 2 aromatic rings. The number of alkyl halides is 3. The first kappa shape index (κ1) is 25.4. The van der Waals surface area contributed by atoms with Crippen molar-refractivity contribution in [3.63, 3.8) is 0 Å². The van der Waals surface area contributed by atoms with Crippen LogP contribution in [0.4, 0.5) is 18.0 Å². The van der Waals surface area contributed by atoms with Gasteiger partial charge in [0.2, 0.25) is 0 Å². The number of benzene rings is 1. The Morgan fingerprint density at radius 2 is 1.88 bits per heavy atom. The number of fused-ring (bicyclic) bond motifs is 1. The number of halogens is 3. The van der Waals surface area contributed by atoms with Crippen LogP contribution in [-0.2, 0) is 25.7 Å². The highest BCUT2D eigenvalue weighted by Gasteiger charge is 2.37. The Labute approximate surface area is 180 Å². The van der Waals surface area contributed by atoms with Crippen LogP contribution in [0.3, 0.4) is 0 Å². The minimum absolute atomic E-state index is 0.0273. The maximum atomic E-state index is 13.6. The molecule has 0 aliphatic rings. The number of hydrogen-bond donors (Lipinski definition) is 1. The Morgan fingerprint density at radius 3 is 2.34 bits per heavy atom. The van der Waals surface area contributed by atoms with E-state index in [0.29, 0.717) is 18.7 Å². The molecule has 0 radical (unpaired) electrons. The molecule has 1 atom stereocenters. The summed E-state index contributed by atoms with van der Waals surface area (Å²) in [6.45, 7) is 3.00. The van der Waals surface area contributed by atoms with E-state index < -0.39 is 56.1 Å². The third-order valence-corrected chi connectivity index (χ3v) is 5.38. The van der Waals surface area contributed by atoms with Crippen molar-refractivity contribution in [3.8, 4) is 0 Å². The largest absolute Gasteiger partial charge is 0.447 e. The first-order valence-electron chi connectivity index (χ1n) is 9.38. The molecule has 0 aliphatic carbocycles. The number of rotatable bonds is 7. The average molecular weight is 481 g/mol. The molecular formula is C18H22F3N3O7S. The normalized spacial score (nSPS) is 13.2. The van der Waals surface area contributed by atoms with Gasteiger partial charge in [-0.3, -0.25) is 4.79 Å². The van der Waals surface area contributed by atoms with Gasteiger partial charge in [0, 0.05) is 7.11 Å². The molecule has 1 amide bonds.